The molecule has 0 atom stereocenters. The molecule has 0 aromatic heterocycles. The van der Waals surface area contributed by atoms with Gasteiger partial charge in [0.2, 0.25) is 0 Å². The van der Waals surface area contributed by atoms with E-state index in [1.807, 2.05) is 25.2 Å². The van der Waals surface area contributed by atoms with Gasteiger partial charge in [0.05, 0.1) is 0 Å². The van der Waals surface area contributed by atoms with Crippen molar-refractivity contribution in [3.63, 3.8) is 0 Å². The van der Waals surface area contributed by atoms with Crippen LogP contribution in [0.15, 0.2) is 30.3 Å². The molecular formula is C9H15N3. The summed E-state index contributed by atoms with van der Waals surface area (Å²) in [4.78, 5) is 0. The molecule has 3 nitrogen and oxygen atoms in total. The smallest absolute Gasteiger partial charge is 0.0340 e. The van der Waals surface area contributed by atoms with Crippen LogP contribution in [-0.2, 0) is 0 Å². The summed E-state index contributed by atoms with van der Waals surface area (Å²) in [6, 6.07) is 10.2. The molecule has 12 heavy (non-hydrogen) atoms. The average Bonchev–Trinajstić information content (AvgIpc) is 2.14. The minimum Gasteiger partial charge on any atom is -0.384 e. The molecule has 0 amide bonds. The number of anilines is 1. The van der Waals surface area contributed by atoms with E-state index in [-0.39, 0.29) is 0 Å². The van der Waals surface area contributed by atoms with Gasteiger partial charge < -0.3 is 5.32 Å². The molecule has 0 heterocycles. The molecule has 1 aromatic carbocycles. The standard InChI is InChI=1S/C9H15N3/c1-10-12-8-7-11-9-5-3-2-4-6-9/h2-6,10-12H,7-8H2,1H3. The molecule has 0 fully saturated rings. The zero-order chi connectivity index (χ0) is 8.65. The summed E-state index contributed by atoms with van der Waals surface area (Å²) in [5.41, 5.74) is 7.03. The van der Waals surface area contributed by atoms with Crippen molar-refractivity contribution in [3.05, 3.63) is 30.3 Å². The van der Waals surface area contributed by atoms with Gasteiger partial charge >= 0.3 is 0 Å². The van der Waals surface area contributed by atoms with Crippen LogP contribution in [0.5, 0.6) is 0 Å². The lowest BCUT2D eigenvalue weighted by Crippen LogP contribution is -2.32. The fourth-order valence-electron chi connectivity index (χ4n) is 0.950. The van der Waals surface area contributed by atoms with E-state index in [9.17, 15) is 0 Å². The molecule has 0 bridgehead atoms. The summed E-state index contributed by atoms with van der Waals surface area (Å²) < 4.78 is 0. The second-order valence-electron chi connectivity index (χ2n) is 2.47. The number of hydrogen-bond donors (Lipinski definition) is 3. The van der Waals surface area contributed by atoms with Crippen LogP contribution in [0.1, 0.15) is 0 Å². The largest absolute Gasteiger partial charge is 0.384 e. The van der Waals surface area contributed by atoms with Crippen LogP contribution in [0.3, 0.4) is 0 Å². The van der Waals surface area contributed by atoms with E-state index in [0.717, 1.165) is 18.8 Å². The number of benzene rings is 1. The molecule has 0 aliphatic heterocycles. The topological polar surface area (TPSA) is 36.1 Å². The van der Waals surface area contributed by atoms with Gasteiger partial charge in [0.1, 0.15) is 0 Å². The van der Waals surface area contributed by atoms with Crippen LogP contribution in [-0.4, -0.2) is 20.1 Å². The van der Waals surface area contributed by atoms with Crippen LogP contribution in [0.25, 0.3) is 0 Å². The van der Waals surface area contributed by atoms with Gasteiger partial charge in [-0.3, -0.25) is 10.9 Å². The van der Waals surface area contributed by atoms with E-state index in [2.05, 4.69) is 28.3 Å². The molecule has 0 radical (unpaired) electrons. The third-order valence-electron chi connectivity index (χ3n) is 1.53. The van der Waals surface area contributed by atoms with E-state index < -0.39 is 0 Å². The normalized spacial score (nSPS) is 9.75. The van der Waals surface area contributed by atoms with E-state index in [1.54, 1.807) is 0 Å². The minimum atomic E-state index is 0.908. The molecule has 1 aromatic rings. The van der Waals surface area contributed by atoms with Gasteiger partial charge in [0.15, 0.2) is 0 Å². The lowest BCUT2D eigenvalue weighted by atomic mass is 10.3. The SMILES string of the molecule is CNNCCNc1ccccc1. The third kappa shape index (κ3) is 3.37. The molecule has 0 spiro atoms. The van der Waals surface area contributed by atoms with Crippen molar-refractivity contribution in [3.8, 4) is 0 Å². The van der Waals surface area contributed by atoms with Crippen LogP contribution in [0.2, 0.25) is 0 Å². The summed E-state index contributed by atoms with van der Waals surface area (Å²) in [5, 5.41) is 3.28. The Bertz CT molecular complexity index is 198. The number of para-hydroxylation sites is 1. The van der Waals surface area contributed by atoms with Gasteiger partial charge in [-0.25, -0.2) is 0 Å². The Hall–Kier alpha value is -1.06. The van der Waals surface area contributed by atoms with Crippen molar-refractivity contribution >= 4 is 5.69 Å². The first-order valence-electron chi connectivity index (χ1n) is 4.12. The van der Waals surface area contributed by atoms with Crippen molar-refractivity contribution in [2.45, 2.75) is 0 Å². The summed E-state index contributed by atoms with van der Waals surface area (Å²) >= 11 is 0. The maximum absolute atomic E-state index is 3.28. The lowest BCUT2D eigenvalue weighted by Gasteiger charge is -2.05. The minimum absolute atomic E-state index is 0.908. The fraction of sp³-hybridized carbons (Fsp3) is 0.333. The zero-order valence-corrected chi connectivity index (χ0v) is 7.30. The van der Waals surface area contributed by atoms with Crippen LogP contribution < -0.4 is 16.2 Å². The highest BCUT2D eigenvalue weighted by molar-refractivity contribution is 5.42. The Labute approximate surface area is 73.1 Å². The first-order chi connectivity index (χ1) is 5.93. The quantitative estimate of drug-likeness (QED) is 0.446. The maximum Gasteiger partial charge on any atom is 0.0340 e. The third-order valence-corrected chi connectivity index (χ3v) is 1.53. The predicted octanol–water partition coefficient (Wildman–Crippen LogP) is 0.822. The molecule has 66 valence electrons. The summed E-state index contributed by atoms with van der Waals surface area (Å²) in [6.07, 6.45) is 0. The highest BCUT2D eigenvalue weighted by Gasteiger charge is 1.86. The Morgan fingerprint density at radius 3 is 2.50 bits per heavy atom. The van der Waals surface area contributed by atoms with Crippen LogP contribution in [0, 0.1) is 0 Å². The highest BCUT2D eigenvalue weighted by Crippen LogP contribution is 2.02. The maximum atomic E-state index is 3.28. The molecule has 0 saturated carbocycles. The van der Waals surface area contributed by atoms with Gasteiger partial charge in [-0.1, -0.05) is 18.2 Å². The number of hydrazine groups is 1. The van der Waals surface area contributed by atoms with Crippen LogP contribution >= 0.6 is 0 Å². The van der Waals surface area contributed by atoms with Crippen molar-refractivity contribution in [2.24, 2.45) is 0 Å². The van der Waals surface area contributed by atoms with Gasteiger partial charge in [-0.15, -0.1) is 0 Å². The van der Waals surface area contributed by atoms with E-state index in [4.69, 9.17) is 0 Å². The Morgan fingerprint density at radius 1 is 1.08 bits per heavy atom. The second kappa shape index (κ2) is 5.57. The van der Waals surface area contributed by atoms with Gasteiger partial charge in [0.25, 0.3) is 0 Å². The molecular weight excluding hydrogens is 150 g/mol. The average molecular weight is 165 g/mol. The molecule has 0 aliphatic rings. The van der Waals surface area contributed by atoms with Gasteiger partial charge in [-0.2, -0.15) is 0 Å². The molecule has 0 unspecified atom stereocenters. The molecule has 0 saturated heterocycles. The molecule has 0 aliphatic carbocycles. The Kier molecular flexibility index (Phi) is 4.19. The number of nitrogens with one attached hydrogen (secondary N) is 3. The lowest BCUT2D eigenvalue weighted by molar-refractivity contribution is 0.611. The summed E-state index contributed by atoms with van der Waals surface area (Å²) in [6.45, 7) is 1.83. The zero-order valence-electron chi connectivity index (χ0n) is 7.30. The number of rotatable bonds is 5. The van der Waals surface area contributed by atoms with E-state index in [0.29, 0.717) is 0 Å². The van der Waals surface area contributed by atoms with E-state index in [1.165, 1.54) is 0 Å². The molecule has 3 N–H and O–H groups in total. The van der Waals surface area contributed by atoms with Gasteiger partial charge in [0, 0.05) is 18.8 Å². The van der Waals surface area contributed by atoms with Crippen LogP contribution in [0.4, 0.5) is 5.69 Å². The van der Waals surface area contributed by atoms with Crippen molar-refractivity contribution in [2.75, 3.05) is 25.5 Å². The Morgan fingerprint density at radius 2 is 1.83 bits per heavy atom. The highest BCUT2D eigenvalue weighted by atomic mass is 15.3. The molecule has 3 heteroatoms. The summed E-state index contributed by atoms with van der Waals surface area (Å²) in [7, 11) is 1.86. The van der Waals surface area contributed by atoms with Crippen molar-refractivity contribution < 1.29 is 0 Å². The first-order valence-corrected chi connectivity index (χ1v) is 4.12. The number of hydrogen-bond acceptors (Lipinski definition) is 3. The monoisotopic (exact) mass is 165 g/mol. The first kappa shape index (κ1) is 9.03. The van der Waals surface area contributed by atoms with E-state index >= 15 is 0 Å². The summed E-state index contributed by atoms with van der Waals surface area (Å²) in [5.74, 6) is 0. The second-order valence-corrected chi connectivity index (χ2v) is 2.47. The van der Waals surface area contributed by atoms with Crippen molar-refractivity contribution in [1.82, 2.24) is 10.9 Å². The van der Waals surface area contributed by atoms with Crippen molar-refractivity contribution in [1.29, 1.82) is 0 Å². The Balaban J connectivity index is 2.16. The van der Waals surface area contributed by atoms with Gasteiger partial charge in [-0.05, 0) is 19.2 Å². The molecule has 1 rings (SSSR count). The fourth-order valence-corrected chi connectivity index (χ4v) is 0.950. The predicted molar refractivity (Wildman–Crippen MR) is 52.0 cm³/mol.